The van der Waals surface area contributed by atoms with Gasteiger partial charge < -0.3 is 19.9 Å². The van der Waals surface area contributed by atoms with Crippen molar-refractivity contribution in [1.29, 1.82) is 0 Å². The van der Waals surface area contributed by atoms with Gasteiger partial charge >= 0.3 is 6.03 Å². The zero-order chi connectivity index (χ0) is 18.5. The molecule has 2 aromatic carbocycles. The molecule has 0 bridgehead atoms. The number of nitrogens with zero attached hydrogens (tertiary/aromatic N) is 2. The number of anilines is 2. The lowest BCUT2D eigenvalue weighted by molar-refractivity contribution is 0.0532. The first-order valence-electron chi connectivity index (χ1n) is 8.74. The van der Waals surface area contributed by atoms with Crippen LogP contribution in [0.4, 0.5) is 16.2 Å². The molecule has 1 atom stereocenters. The number of amides is 2. The van der Waals surface area contributed by atoms with Crippen LogP contribution < -0.4 is 10.2 Å². The fraction of sp³-hybridized carbons (Fsp3) is 0.350. The zero-order valence-electron chi connectivity index (χ0n) is 15.1. The van der Waals surface area contributed by atoms with Crippen molar-refractivity contribution in [3.8, 4) is 0 Å². The van der Waals surface area contributed by atoms with Crippen LogP contribution in [0.15, 0.2) is 53.0 Å². The van der Waals surface area contributed by atoms with Crippen LogP contribution in [-0.4, -0.2) is 43.8 Å². The van der Waals surface area contributed by atoms with Crippen LogP contribution in [0, 0.1) is 0 Å². The predicted octanol–water partition coefficient (Wildman–Crippen LogP) is 4.34. The van der Waals surface area contributed by atoms with Crippen LogP contribution in [0.25, 0.3) is 0 Å². The number of carbonyl (C=O) groups is 1. The van der Waals surface area contributed by atoms with Crippen molar-refractivity contribution < 1.29 is 9.53 Å². The van der Waals surface area contributed by atoms with Crippen molar-refractivity contribution in [1.82, 2.24) is 4.90 Å². The number of nitrogens with one attached hydrogen (secondary N) is 1. The van der Waals surface area contributed by atoms with Gasteiger partial charge in [0.15, 0.2) is 0 Å². The topological polar surface area (TPSA) is 44.8 Å². The molecule has 1 heterocycles. The molecule has 0 spiro atoms. The number of urea groups is 1. The van der Waals surface area contributed by atoms with Crippen LogP contribution in [0.3, 0.4) is 0 Å². The molecule has 138 valence electrons. The molecule has 0 aromatic heterocycles. The van der Waals surface area contributed by atoms with Gasteiger partial charge in [-0.1, -0.05) is 28.1 Å². The Balaban J connectivity index is 1.56. The molecule has 1 aliphatic rings. The van der Waals surface area contributed by atoms with E-state index in [2.05, 4.69) is 33.1 Å². The standard InChI is InChI=1S/C20H24BrN3O2/c1-15-13-24(11-12-26-15)19-9-7-18(8-10-19)22-20(25)23(2)14-16-3-5-17(21)6-4-16/h3-10,15H,11-14H2,1-2H3,(H,22,25). The first kappa shape index (κ1) is 18.7. The van der Waals surface area contributed by atoms with Crippen LogP contribution in [0.5, 0.6) is 0 Å². The minimum Gasteiger partial charge on any atom is -0.375 e. The van der Waals surface area contributed by atoms with E-state index >= 15 is 0 Å². The Morgan fingerprint density at radius 1 is 1.23 bits per heavy atom. The summed E-state index contributed by atoms with van der Waals surface area (Å²) in [4.78, 5) is 16.4. The largest absolute Gasteiger partial charge is 0.375 e. The summed E-state index contributed by atoms with van der Waals surface area (Å²) in [6, 6.07) is 15.8. The molecular formula is C20H24BrN3O2. The molecule has 6 heteroatoms. The number of carbonyl (C=O) groups excluding carboxylic acids is 1. The van der Waals surface area contributed by atoms with Crippen LogP contribution in [-0.2, 0) is 11.3 Å². The molecule has 1 fully saturated rings. The van der Waals surface area contributed by atoms with Crippen molar-refractivity contribution in [2.45, 2.75) is 19.6 Å². The Morgan fingerprint density at radius 3 is 2.58 bits per heavy atom. The molecule has 0 saturated carbocycles. The number of hydrogen-bond acceptors (Lipinski definition) is 3. The Hall–Kier alpha value is -2.05. The number of morpholine rings is 1. The van der Waals surface area contributed by atoms with Crippen molar-refractivity contribution in [3.63, 3.8) is 0 Å². The monoisotopic (exact) mass is 417 g/mol. The number of benzene rings is 2. The molecule has 1 N–H and O–H groups in total. The third-order valence-electron chi connectivity index (χ3n) is 4.40. The quantitative estimate of drug-likeness (QED) is 0.804. The van der Waals surface area contributed by atoms with Crippen LogP contribution in [0.2, 0.25) is 0 Å². The van der Waals surface area contributed by atoms with Gasteiger partial charge in [0.2, 0.25) is 0 Å². The maximum atomic E-state index is 12.4. The smallest absolute Gasteiger partial charge is 0.321 e. The average Bonchev–Trinajstić information content (AvgIpc) is 2.64. The molecule has 3 rings (SSSR count). The van der Waals surface area contributed by atoms with Gasteiger partial charge in [-0.15, -0.1) is 0 Å². The number of halogens is 1. The van der Waals surface area contributed by atoms with E-state index in [1.54, 1.807) is 11.9 Å². The van der Waals surface area contributed by atoms with Gasteiger partial charge in [0.1, 0.15) is 0 Å². The number of ether oxygens (including phenoxy) is 1. The molecule has 2 amide bonds. The molecule has 1 unspecified atom stereocenters. The lowest BCUT2D eigenvalue weighted by Gasteiger charge is -2.33. The third-order valence-corrected chi connectivity index (χ3v) is 4.93. The Morgan fingerprint density at radius 2 is 1.92 bits per heavy atom. The molecular weight excluding hydrogens is 394 g/mol. The molecule has 26 heavy (non-hydrogen) atoms. The van der Waals surface area contributed by atoms with Crippen LogP contribution >= 0.6 is 15.9 Å². The second-order valence-corrected chi connectivity index (χ2v) is 7.50. The fourth-order valence-electron chi connectivity index (χ4n) is 2.96. The normalized spacial score (nSPS) is 17.0. The summed E-state index contributed by atoms with van der Waals surface area (Å²) in [5, 5.41) is 2.95. The Kier molecular flexibility index (Phi) is 6.16. The molecule has 1 saturated heterocycles. The summed E-state index contributed by atoms with van der Waals surface area (Å²) < 4.78 is 6.61. The van der Waals surface area contributed by atoms with Gasteiger partial charge in [-0.25, -0.2) is 4.79 Å². The van der Waals surface area contributed by atoms with Crippen LogP contribution in [0.1, 0.15) is 12.5 Å². The van der Waals surface area contributed by atoms with E-state index in [-0.39, 0.29) is 12.1 Å². The molecule has 1 aliphatic heterocycles. The molecule has 5 nitrogen and oxygen atoms in total. The Bertz CT molecular complexity index is 734. The summed E-state index contributed by atoms with van der Waals surface area (Å²) in [5.41, 5.74) is 3.03. The van der Waals surface area contributed by atoms with Gasteiger partial charge in [0.25, 0.3) is 0 Å². The van der Waals surface area contributed by atoms with E-state index in [1.165, 1.54) is 0 Å². The first-order chi connectivity index (χ1) is 12.5. The summed E-state index contributed by atoms with van der Waals surface area (Å²) in [5.74, 6) is 0. The average molecular weight is 418 g/mol. The van der Waals surface area contributed by atoms with E-state index in [9.17, 15) is 4.79 Å². The SMILES string of the molecule is CC1CN(c2ccc(NC(=O)N(C)Cc3ccc(Br)cc3)cc2)CCO1. The highest BCUT2D eigenvalue weighted by molar-refractivity contribution is 9.10. The van der Waals surface area contributed by atoms with Gasteiger partial charge in [0, 0.05) is 42.5 Å². The zero-order valence-corrected chi connectivity index (χ0v) is 16.7. The minimum absolute atomic E-state index is 0.124. The lowest BCUT2D eigenvalue weighted by atomic mass is 10.2. The van der Waals surface area contributed by atoms with Gasteiger partial charge in [0.05, 0.1) is 12.7 Å². The van der Waals surface area contributed by atoms with E-state index in [1.807, 2.05) is 48.5 Å². The maximum Gasteiger partial charge on any atom is 0.321 e. The lowest BCUT2D eigenvalue weighted by Crippen LogP contribution is -2.41. The van der Waals surface area contributed by atoms with Gasteiger partial charge in [-0.3, -0.25) is 0 Å². The van der Waals surface area contributed by atoms with Crippen molar-refractivity contribution in [2.75, 3.05) is 37.0 Å². The van der Waals surface area contributed by atoms with Gasteiger partial charge in [-0.2, -0.15) is 0 Å². The summed E-state index contributed by atoms with van der Waals surface area (Å²) >= 11 is 3.42. The second kappa shape index (κ2) is 8.56. The van der Waals surface area contributed by atoms with E-state index in [0.717, 1.165) is 41.1 Å². The summed E-state index contributed by atoms with van der Waals surface area (Å²) in [7, 11) is 1.79. The van der Waals surface area contributed by atoms with E-state index in [0.29, 0.717) is 6.54 Å². The Labute approximate surface area is 163 Å². The highest BCUT2D eigenvalue weighted by Gasteiger charge is 2.17. The summed E-state index contributed by atoms with van der Waals surface area (Å²) in [6.07, 6.45) is 0.246. The van der Waals surface area contributed by atoms with Crippen molar-refractivity contribution >= 4 is 33.3 Å². The molecule has 0 radical (unpaired) electrons. The summed E-state index contributed by atoms with van der Waals surface area (Å²) in [6.45, 7) is 5.18. The van der Waals surface area contributed by atoms with Crippen molar-refractivity contribution in [3.05, 3.63) is 58.6 Å². The number of rotatable bonds is 4. The third kappa shape index (κ3) is 4.99. The highest BCUT2D eigenvalue weighted by atomic mass is 79.9. The molecule has 2 aromatic rings. The van der Waals surface area contributed by atoms with E-state index < -0.39 is 0 Å². The molecule has 0 aliphatic carbocycles. The predicted molar refractivity (Wildman–Crippen MR) is 109 cm³/mol. The van der Waals surface area contributed by atoms with E-state index in [4.69, 9.17) is 4.74 Å². The van der Waals surface area contributed by atoms with Crippen molar-refractivity contribution in [2.24, 2.45) is 0 Å². The highest BCUT2D eigenvalue weighted by Crippen LogP contribution is 2.21. The minimum atomic E-state index is -0.124. The van der Waals surface area contributed by atoms with Gasteiger partial charge in [-0.05, 0) is 48.9 Å². The number of hydrogen-bond donors (Lipinski definition) is 1. The fourth-order valence-corrected chi connectivity index (χ4v) is 3.23. The first-order valence-corrected chi connectivity index (χ1v) is 9.54. The maximum absolute atomic E-state index is 12.4. The second-order valence-electron chi connectivity index (χ2n) is 6.59.